The summed E-state index contributed by atoms with van der Waals surface area (Å²) in [4.78, 5) is 28.2. The lowest BCUT2D eigenvalue weighted by atomic mass is 9.95. The summed E-state index contributed by atoms with van der Waals surface area (Å²) in [7, 11) is 2.91. The summed E-state index contributed by atoms with van der Waals surface area (Å²) in [6, 6.07) is 18.3. The molecule has 4 aromatic rings. The number of phenolic OH excluding ortho intramolecular Hbond substituents is 1. The van der Waals surface area contributed by atoms with Crippen molar-refractivity contribution in [1.29, 1.82) is 0 Å². The first-order valence-electron chi connectivity index (χ1n) is 11.8. The molecular weight excluding hydrogens is 618 g/mol. The van der Waals surface area contributed by atoms with Crippen LogP contribution in [-0.4, -0.2) is 46.3 Å². The van der Waals surface area contributed by atoms with Crippen molar-refractivity contribution in [1.82, 2.24) is 10.2 Å². The fraction of sp³-hybridized carbons (Fsp3) is 0.143. The molecule has 1 atom stereocenters. The summed E-state index contributed by atoms with van der Waals surface area (Å²) >= 11 is 5.94. The van der Waals surface area contributed by atoms with E-state index in [-0.39, 0.29) is 32.4 Å². The predicted octanol–water partition coefficient (Wildman–Crippen LogP) is 5.94. The zero-order valence-electron chi connectivity index (χ0n) is 21.2. The average molecular weight is 641 g/mol. The van der Waals surface area contributed by atoms with Crippen LogP contribution >= 0.6 is 39.0 Å². The van der Waals surface area contributed by atoms with Gasteiger partial charge in [0.25, 0.3) is 5.78 Å². The van der Waals surface area contributed by atoms with Gasteiger partial charge in [-0.25, -0.2) is 0 Å². The van der Waals surface area contributed by atoms with Crippen LogP contribution in [0, 0.1) is 0 Å². The first-order valence-corrected chi connectivity index (χ1v) is 14.4. The number of ketones is 1. The summed E-state index contributed by atoms with van der Waals surface area (Å²) in [5.41, 5.74) is 1.70. The van der Waals surface area contributed by atoms with E-state index in [1.807, 2.05) is 30.3 Å². The number of hydrogen-bond donors (Lipinski definition) is 2. The molecule has 1 unspecified atom stereocenters. The molecule has 0 spiro atoms. The monoisotopic (exact) mass is 639 g/mol. The Morgan fingerprint density at radius 3 is 2.45 bits per heavy atom. The highest BCUT2D eigenvalue weighted by Crippen LogP contribution is 2.47. The van der Waals surface area contributed by atoms with Crippen molar-refractivity contribution in [3.63, 3.8) is 0 Å². The first kappa shape index (κ1) is 27.7. The van der Waals surface area contributed by atoms with Gasteiger partial charge in [0.1, 0.15) is 11.5 Å². The van der Waals surface area contributed by atoms with Crippen LogP contribution in [0.4, 0.5) is 5.13 Å². The quantitative estimate of drug-likeness (QED) is 0.0792. The summed E-state index contributed by atoms with van der Waals surface area (Å²) in [6.07, 6.45) is 0. The Labute approximate surface area is 246 Å². The number of rotatable bonds is 8. The summed E-state index contributed by atoms with van der Waals surface area (Å²) in [5.74, 6) is -0.911. The molecule has 1 saturated heterocycles. The van der Waals surface area contributed by atoms with E-state index in [9.17, 15) is 19.8 Å². The maximum Gasteiger partial charge on any atom is 0.301 e. The zero-order valence-corrected chi connectivity index (χ0v) is 24.4. The van der Waals surface area contributed by atoms with E-state index in [1.54, 1.807) is 30.3 Å². The molecule has 12 heteroatoms. The van der Waals surface area contributed by atoms with Gasteiger partial charge >= 0.3 is 5.91 Å². The Morgan fingerprint density at radius 2 is 1.77 bits per heavy atom. The lowest BCUT2D eigenvalue weighted by Crippen LogP contribution is -2.29. The Hall–Kier alpha value is -3.87. The number of benzene rings is 3. The predicted molar refractivity (Wildman–Crippen MR) is 156 cm³/mol. The van der Waals surface area contributed by atoms with Crippen molar-refractivity contribution in [3.8, 4) is 17.2 Å². The van der Waals surface area contributed by atoms with E-state index in [0.717, 1.165) is 5.56 Å². The standard InChI is InChI=1S/C28H22BrN3O6S2/c1-37-18-10-8-16(9-11-18)23(33)21-22(17-12-19(29)24(34)20(13-17)38-2)32(26(36)25(21)35)27-30-31-28(40-27)39-14-15-6-4-3-5-7-15/h3-13,22,33-34H,14H2,1-2H3/b23-21-. The molecular formula is C28H22BrN3O6S2. The molecule has 40 heavy (non-hydrogen) atoms. The average Bonchev–Trinajstić information content (AvgIpc) is 3.55. The molecule has 3 aromatic carbocycles. The number of phenols is 1. The third-order valence-electron chi connectivity index (χ3n) is 6.20. The summed E-state index contributed by atoms with van der Waals surface area (Å²) < 4.78 is 11.4. The van der Waals surface area contributed by atoms with Crippen molar-refractivity contribution >= 4 is 61.6 Å². The van der Waals surface area contributed by atoms with Crippen molar-refractivity contribution in [3.05, 3.63) is 93.5 Å². The molecule has 2 heterocycles. The van der Waals surface area contributed by atoms with Crippen molar-refractivity contribution < 1.29 is 29.3 Å². The van der Waals surface area contributed by atoms with E-state index in [4.69, 9.17) is 9.47 Å². The molecule has 0 radical (unpaired) electrons. The van der Waals surface area contributed by atoms with Gasteiger partial charge in [-0.1, -0.05) is 53.4 Å². The van der Waals surface area contributed by atoms with Gasteiger partial charge in [0.15, 0.2) is 15.8 Å². The molecule has 0 saturated carbocycles. The number of nitrogens with zero attached hydrogens (tertiary/aromatic N) is 3. The van der Waals surface area contributed by atoms with Crippen molar-refractivity contribution in [2.45, 2.75) is 16.1 Å². The minimum atomic E-state index is -1.08. The highest BCUT2D eigenvalue weighted by atomic mass is 79.9. The van der Waals surface area contributed by atoms with Gasteiger partial charge in [0.2, 0.25) is 5.13 Å². The number of halogens is 1. The van der Waals surface area contributed by atoms with E-state index in [0.29, 0.717) is 27.0 Å². The molecule has 2 N–H and O–H groups in total. The van der Waals surface area contributed by atoms with Crippen LogP contribution in [0.1, 0.15) is 22.7 Å². The van der Waals surface area contributed by atoms with E-state index < -0.39 is 17.7 Å². The van der Waals surface area contributed by atoms with Crippen LogP contribution in [-0.2, 0) is 15.3 Å². The van der Waals surface area contributed by atoms with Crippen molar-refractivity contribution in [2.75, 3.05) is 19.1 Å². The summed E-state index contributed by atoms with van der Waals surface area (Å²) in [5, 5.41) is 30.4. The molecule has 1 aliphatic heterocycles. The number of carbonyl (C=O) groups is 2. The molecule has 1 aromatic heterocycles. The maximum absolute atomic E-state index is 13.5. The van der Waals surface area contributed by atoms with Gasteiger partial charge in [-0.2, -0.15) is 0 Å². The van der Waals surface area contributed by atoms with Gasteiger partial charge in [-0.15, -0.1) is 10.2 Å². The Kier molecular flexibility index (Phi) is 8.10. The number of hydrogen-bond acceptors (Lipinski definition) is 10. The van der Waals surface area contributed by atoms with Crippen molar-refractivity contribution in [2.24, 2.45) is 0 Å². The molecule has 204 valence electrons. The Balaban J connectivity index is 1.60. The number of methoxy groups -OCH3 is 2. The highest BCUT2D eigenvalue weighted by Gasteiger charge is 2.48. The smallest absolute Gasteiger partial charge is 0.301 e. The minimum absolute atomic E-state index is 0.121. The number of aromatic hydroxyl groups is 1. The second-order valence-corrected chi connectivity index (χ2v) is 11.6. The van der Waals surface area contributed by atoms with Gasteiger partial charge < -0.3 is 19.7 Å². The number of amides is 1. The van der Waals surface area contributed by atoms with Crippen LogP contribution in [0.25, 0.3) is 5.76 Å². The van der Waals surface area contributed by atoms with Crippen LogP contribution in [0.2, 0.25) is 0 Å². The molecule has 1 amide bonds. The first-order chi connectivity index (χ1) is 19.3. The molecule has 1 aliphatic rings. The highest BCUT2D eigenvalue weighted by molar-refractivity contribution is 9.10. The second-order valence-electron chi connectivity index (χ2n) is 8.58. The summed E-state index contributed by atoms with van der Waals surface area (Å²) in [6.45, 7) is 0. The third kappa shape index (κ3) is 5.29. The molecule has 5 rings (SSSR count). The lowest BCUT2D eigenvalue weighted by Gasteiger charge is -2.23. The number of thioether (sulfide) groups is 1. The third-order valence-corrected chi connectivity index (χ3v) is 8.93. The van der Waals surface area contributed by atoms with Crippen LogP contribution in [0.15, 0.2) is 81.1 Å². The normalized spacial score (nSPS) is 16.4. The molecule has 1 fully saturated rings. The van der Waals surface area contributed by atoms with Gasteiger partial charge in [0.05, 0.1) is 30.3 Å². The zero-order chi connectivity index (χ0) is 28.4. The van der Waals surface area contributed by atoms with Gasteiger partial charge in [-0.05, 0) is 63.5 Å². The van der Waals surface area contributed by atoms with E-state index in [1.165, 1.54) is 48.3 Å². The molecule has 0 aliphatic carbocycles. The number of ether oxygens (including phenoxy) is 2. The topological polar surface area (TPSA) is 122 Å². The SMILES string of the molecule is COc1ccc(/C(O)=C2/C(=O)C(=O)N(c3nnc(SCc4ccccc4)s3)C2c2cc(Br)c(O)c(OC)c2)cc1. The van der Waals surface area contributed by atoms with Crippen LogP contribution in [0.3, 0.4) is 0 Å². The fourth-order valence-corrected chi connectivity index (χ4v) is 6.52. The maximum atomic E-state index is 13.5. The van der Waals surface area contributed by atoms with Gasteiger partial charge in [-0.3, -0.25) is 14.5 Å². The Bertz CT molecular complexity index is 1610. The lowest BCUT2D eigenvalue weighted by molar-refractivity contribution is -0.132. The molecule has 9 nitrogen and oxygen atoms in total. The minimum Gasteiger partial charge on any atom is -0.507 e. The second kappa shape index (κ2) is 11.7. The molecule has 0 bridgehead atoms. The van der Waals surface area contributed by atoms with Crippen LogP contribution in [0.5, 0.6) is 17.2 Å². The number of Topliss-reactive ketones (excluding diaryl/α,β-unsaturated/α-hetero) is 1. The number of aromatic nitrogens is 2. The van der Waals surface area contributed by atoms with Crippen LogP contribution < -0.4 is 14.4 Å². The number of aliphatic hydroxyl groups excluding tert-OH is 1. The Morgan fingerprint density at radius 1 is 1.05 bits per heavy atom. The largest absolute Gasteiger partial charge is 0.507 e. The fourth-order valence-electron chi connectivity index (χ4n) is 4.23. The number of carbonyl (C=O) groups excluding carboxylic acids is 2. The van der Waals surface area contributed by atoms with E-state index in [2.05, 4.69) is 26.1 Å². The van der Waals surface area contributed by atoms with E-state index >= 15 is 0 Å². The number of anilines is 1. The van der Waals surface area contributed by atoms with Gasteiger partial charge in [0, 0.05) is 11.3 Å². The number of aliphatic hydroxyl groups is 1.